The minimum Gasteiger partial charge on any atom is -0.326 e. The van der Waals surface area contributed by atoms with Crippen LogP contribution in [0.15, 0.2) is 48.1 Å². The summed E-state index contributed by atoms with van der Waals surface area (Å²) in [6.07, 6.45) is 1.46. The molecule has 0 spiro atoms. The van der Waals surface area contributed by atoms with Crippen LogP contribution in [-0.2, 0) is 6.54 Å². The highest BCUT2D eigenvalue weighted by Crippen LogP contribution is 2.34. The summed E-state index contributed by atoms with van der Waals surface area (Å²) in [5, 5.41) is 0. The predicted molar refractivity (Wildman–Crippen MR) is 78.6 cm³/mol. The molecule has 0 radical (unpaired) electrons. The van der Waals surface area contributed by atoms with Crippen molar-refractivity contribution in [3.05, 3.63) is 59.6 Å². The van der Waals surface area contributed by atoms with E-state index in [4.69, 9.17) is 5.73 Å². The number of aromatic nitrogens is 2. The van der Waals surface area contributed by atoms with E-state index >= 15 is 0 Å². The zero-order chi connectivity index (χ0) is 13.9. The molecular formula is C15H12FN3S. The Morgan fingerprint density at radius 1 is 1.10 bits per heavy atom. The predicted octanol–water partition coefficient (Wildman–Crippen LogP) is 3.47. The lowest BCUT2D eigenvalue weighted by Gasteiger charge is -2.05. The molecule has 0 saturated carbocycles. The third kappa shape index (κ3) is 2.45. The van der Waals surface area contributed by atoms with Gasteiger partial charge >= 0.3 is 0 Å². The molecule has 0 aliphatic rings. The smallest absolute Gasteiger partial charge is 0.213 e. The Morgan fingerprint density at radius 2 is 2.00 bits per heavy atom. The summed E-state index contributed by atoms with van der Waals surface area (Å²) < 4.78 is 13.3. The highest BCUT2D eigenvalue weighted by atomic mass is 32.1. The van der Waals surface area contributed by atoms with Crippen LogP contribution in [0.1, 0.15) is 5.56 Å². The van der Waals surface area contributed by atoms with Gasteiger partial charge in [0.05, 0.1) is 16.1 Å². The summed E-state index contributed by atoms with van der Waals surface area (Å²) in [4.78, 5) is 8.91. The normalized spacial score (nSPS) is 10.7. The maximum atomic E-state index is 13.3. The molecule has 5 heteroatoms. The molecule has 3 aromatic rings. The second-order valence-corrected chi connectivity index (χ2v) is 5.16. The highest BCUT2D eigenvalue weighted by Gasteiger charge is 2.12. The highest BCUT2D eigenvalue weighted by molar-refractivity contribution is 7.13. The summed E-state index contributed by atoms with van der Waals surface area (Å²) in [7, 11) is 0. The summed E-state index contributed by atoms with van der Waals surface area (Å²) in [5.41, 5.74) is 11.1. The topological polar surface area (TPSA) is 51.8 Å². The summed E-state index contributed by atoms with van der Waals surface area (Å²) in [5.74, 6) is -0.488. The number of thiazole rings is 1. The zero-order valence-corrected chi connectivity index (χ0v) is 11.4. The Bertz CT molecular complexity index is 739. The van der Waals surface area contributed by atoms with Gasteiger partial charge in [-0.3, -0.25) is 0 Å². The van der Waals surface area contributed by atoms with Gasteiger partial charge < -0.3 is 5.73 Å². The zero-order valence-electron chi connectivity index (χ0n) is 10.6. The standard InChI is InChI=1S/C15H12FN3S/c16-13-7-12(4-5-18-13)15-14(19-9-20-15)11-3-1-2-10(6-11)8-17/h1-7,9H,8,17H2. The fraction of sp³-hybridized carbons (Fsp3) is 0.0667. The van der Waals surface area contributed by atoms with E-state index in [1.165, 1.54) is 23.6 Å². The summed E-state index contributed by atoms with van der Waals surface area (Å²) >= 11 is 1.48. The van der Waals surface area contributed by atoms with Crippen molar-refractivity contribution < 1.29 is 4.39 Å². The number of rotatable bonds is 3. The van der Waals surface area contributed by atoms with E-state index in [2.05, 4.69) is 9.97 Å². The van der Waals surface area contributed by atoms with Gasteiger partial charge in [-0.05, 0) is 23.3 Å². The molecule has 0 unspecified atom stereocenters. The van der Waals surface area contributed by atoms with Crippen molar-refractivity contribution in [1.29, 1.82) is 0 Å². The maximum absolute atomic E-state index is 13.3. The Labute approximate surface area is 119 Å². The van der Waals surface area contributed by atoms with Gasteiger partial charge in [0, 0.05) is 24.4 Å². The van der Waals surface area contributed by atoms with E-state index < -0.39 is 5.95 Å². The molecule has 1 aromatic carbocycles. The van der Waals surface area contributed by atoms with Gasteiger partial charge in [0.15, 0.2) is 0 Å². The monoisotopic (exact) mass is 285 g/mol. The van der Waals surface area contributed by atoms with Crippen molar-refractivity contribution in [2.75, 3.05) is 0 Å². The largest absolute Gasteiger partial charge is 0.326 e. The Hall–Kier alpha value is -2.11. The summed E-state index contributed by atoms with van der Waals surface area (Å²) in [6.45, 7) is 0.483. The first-order valence-electron chi connectivity index (χ1n) is 6.12. The second kappa shape index (κ2) is 5.48. The van der Waals surface area contributed by atoms with Crippen LogP contribution in [0.2, 0.25) is 0 Å². The van der Waals surface area contributed by atoms with Crippen LogP contribution >= 0.6 is 11.3 Å². The van der Waals surface area contributed by atoms with Gasteiger partial charge in [-0.15, -0.1) is 11.3 Å². The maximum Gasteiger partial charge on any atom is 0.213 e. The SMILES string of the molecule is NCc1cccc(-c2ncsc2-c2ccnc(F)c2)c1. The van der Waals surface area contributed by atoms with Crippen molar-refractivity contribution in [2.24, 2.45) is 5.73 Å². The number of nitrogens with zero attached hydrogens (tertiary/aromatic N) is 2. The number of nitrogens with two attached hydrogens (primary N) is 1. The fourth-order valence-corrected chi connectivity index (χ4v) is 2.85. The third-order valence-electron chi connectivity index (χ3n) is 2.99. The molecule has 0 amide bonds. The van der Waals surface area contributed by atoms with Crippen LogP contribution in [-0.4, -0.2) is 9.97 Å². The van der Waals surface area contributed by atoms with Crippen molar-refractivity contribution >= 4 is 11.3 Å². The second-order valence-electron chi connectivity index (χ2n) is 4.30. The minimum atomic E-state index is -0.488. The average Bonchev–Trinajstić information content (AvgIpc) is 2.97. The van der Waals surface area contributed by atoms with Crippen LogP contribution in [0.4, 0.5) is 4.39 Å². The number of hydrogen-bond acceptors (Lipinski definition) is 4. The number of pyridine rings is 1. The van der Waals surface area contributed by atoms with E-state index in [-0.39, 0.29) is 0 Å². The van der Waals surface area contributed by atoms with E-state index in [0.29, 0.717) is 6.54 Å². The third-order valence-corrected chi connectivity index (χ3v) is 3.87. The molecule has 0 atom stereocenters. The van der Waals surface area contributed by atoms with Crippen molar-refractivity contribution in [3.8, 4) is 21.7 Å². The molecule has 3 rings (SSSR count). The molecule has 100 valence electrons. The number of benzene rings is 1. The Balaban J connectivity index is 2.10. The lowest BCUT2D eigenvalue weighted by Crippen LogP contribution is -1.96. The van der Waals surface area contributed by atoms with E-state index in [9.17, 15) is 4.39 Å². The summed E-state index contributed by atoms with van der Waals surface area (Å²) in [6, 6.07) is 11.1. The molecule has 2 aromatic heterocycles. The Morgan fingerprint density at radius 3 is 2.80 bits per heavy atom. The molecule has 2 heterocycles. The van der Waals surface area contributed by atoms with Crippen LogP contribution in [0.3, 0.4) is 0 Å². The molecular weight excluding hydrogens is 273 g/mol. The van der Waals surface area contributed by atoms with Crippen LogP contribution < -0.4 is 5.73 Å². The van der Waals surface area contributed by atoms with Crippen LogP contribution in [0.5, 0.6) is 0 Å². The van der Waals surface area contributed by atoms with Crippen molar-refractivity contribution in [2.45, 2.75) is 6.54 Å². The van der Waals surface area contributed by atoms with Crippen LogP contribution in [0.25, 0.3) is 21.7 Å². The van der Waals surface area contributed by atoms with Gasteiger partial charge in [0.25, 0.3) is 0 Å². The minimum absolute atomic E-state index is 0.483. The molecule has 2 N–H and O–H groups in total. The first-order chi connectivity index (χ1) is 9.78. The van der Waals surface area contributed by atoms with E-state index in [1.807, 2.05) is 24.3 Å². The first kappa shape index (κ1) is 12.9. The molecule has 0 aliphatic carbocycles. The van der Waals surface area contributed by atoms with Crippen molar-refractivity contribution in [3.63, 3.8) is 0 Å². The lowest BCUT2D eigenvalue weighted by molar-refractivity contribution is 0.584. The molecule has 0 saturated heterocycles. The number of hydrogen-bond donors (Lipinski definition) is 1. The van der Waals surface area contributed by atoms with E-state index in [0.717, 1.165) is 27.3 Å². The quantitative estimate of drug-likeness (QED) is 0.750. The Kier molecular flexibility index (Phi) is 3.54. The molecule has 20 heavy (non-hydrogen) atoms. The average molecular weight is 285 g/mol. The van der Waals surface area contributed by atoms with Crippen LogP contribution in [0, 0.1) is 5.95 Å². The van der Waals surface area contributed by atoms with Gasteiger partial charge in [-0.25, -0.2) is 9.97 Å². The van der Waals surface area contributed by atoms with Gasteiger partial charge in [-0.2, -0.15) is 4.39 Å². The molecule has 3 nitrogen and oxygen atoms in total. The fourth-order valence-electron chi connectivity index (χ4n) is 2.05. The molecule has 0 bridgehead atoms. The number of halogens is 1. The van der Waals surface area contributed by atoms with Gasteiger partial charge in [0.1, 0.15) is 0 Å². The lowest BCUT2D eigenvalue weighted by atomic mass is 10.1. The van der Waals surface area contributed by atoms with Crippen molar-refractivity contribution in [1.82, 2.24) is 9.97 Å². The molecule has 0 aliphatic heterocycles. The van der Waals surface area contributed by atoms with E-state index in [1.54, 1.807) is 11.6 Å². The molecule has 0 fully saturated rings. The van der Waals surface area contributed by atoms with Gasteiger partial charge in [0.2, 0.25) is 5.95 Å². The first-order valence-corrected chi connectivity index (χ1v) is 7.00. The van der Waals surface area contributed by atoms with Gasteiger partial charge in [-0.1, -0.05) is 18.2 Å².